The van der Waals surface area contributed by atoms with E-state index in [1.165, 1.54) is 0 Å². The van der Waals surface area contributed by atoms with Crippen molar-refractivity contribution >= 4 is 11.6 Å². The van der Waals surface area contributed by atoms with Crippen molar-refractivity contribution in [3.8, 4) is 5.75 Å². The molecule has 1 aliphatic heterocycles. The standard InChI is InChI=1S/C14H10O3/c15-10-5-3-7-13-14(10)11(16)8-9-4-1-2-6-12(9)17-13/h1-4,6-7H,5,8H2. The van der Waals surface area contributed by atoms with Crippen LogP contribution in [0.25, 0.3) is 0 Å². The van der Waals surface area contributed by atoms with Gasteiger partial charge in [-0.25, -0.2) is 0 Å². The summed E-state index contributed by atoms with van der Waals surface area (Å²) in [5.74, 6) is 0.737. The molecule has 17 heavy (non-hydrogen) atoms. The van der Waals surface area contributed by atoms with Crippen molar-refractivity contribution in [1.29, 1.82) is 0 Å². The van der Waals surface area contributed by atoms with Gasteiger partial charge in [-0.1, -0.05) is 24.3 Å². The number of fused-ring (bicyclic) bond motifs is 1. The third-order valence-corrected chi connectivity index (χ3v) is 2.92. The summed E-state index contributed by atoms with van der Waals surface area (Å²) in [6, 6.07) is 7.37. The van der Waals surface area contributed by atoms with E-state index in [1.807, 2.05) is 24.3 Å². The van der Waals surface area contributed by atoms with Crippen LogP contribution in [0.15, 0.2) is 47.7 Å². The van der Waals surface area contributed by atoms with Crippen LogP contribution in [0.3, 0.4) is 0 Å². The van der Waals surface area contributed by atoms with Gasteiger partial charge in [0.25, 0.3) is 0 Å². The van der Waals surface area contributed by atoms with Gasteiger partial charge in [0, 0.05) is 18.4 Å². The number of rotatable bonds is 0. The number of carbonyl (C=O) groups excluding carboxylic acids is 2. The average molecular weight is 226 g/mol. The highest BCUT2D eigenvalue weighted by atomic mass is 16.5. The Balaban J connectivity index is 2.14. The lowest BCUT2D eigenvalue weighted by Gasteiger charge is -2.11. The van der Waals surface area contributed by atoms with E-state index in [-0.39, 0.29) is 30.0 Å². The lowest BCUT2D eigenvalue weighted by Crippen LogP contribution is -2.18. The van der Waals surface area contributed by atoms with E-state index in [0.29, 0.717) is 11.5 Å². The predicted octanol–water partition coefficient (Wildman–Crippen LogP) is 1.97. The van der Waals surface area contributed by atoms with Crippen LogP contribution in [-0.2, 0) is 16.0 Å². The van der Waals surface area contributed by atoms with Crippen LogP contribution in [0.1, 0.15) is 12.0 Å². The molecule has 1 aromatic carbocycles. The third kappa shape index (κ3) is 1.60. The molecule has 0 atom stereocenters. The largest absolute Gasteiger partial charge is 0.456 e. The minimum Gasteiger partial charge on any atom is -0.456 e. The number of hydrogen-bond donors (Lipinski definition) is 0. The van der Waals surface area contributed by atoms with Gasteiger partial charge in [-0.15, -0.1) is 0 Å². The van der Waals surface area contributed by atoms with Gasteiger partial charge >= 0.3 is 0 Å². The fraction of sp³-hybridized carbons (Fsp3) is 0.143. The van der Waals surface area contributed by atoms with Crippen molar-refractivity contribution in [2.75, 3.05) is 0 Å². The maximum absolute atomic E-state index is 12.0. The number of hydrogen-bond acceptors (Lipinski definition) is 3. The van der Waals surface area contributed by atoms with Gasteiger partial charge in [0.1, 0.15) is 17.1 Å². The molecule has 3 nitrogen and oxygen atoms in total. The summed E-state index contributed by atoms with van der Waals surface area (Å²) in [6.07, 6.45) is 3.94. The number of benzene rings is 1. The summed E-state index contributed by atoms with van der Waals surface area (Å²) in [5, 5.41) is 0. The molecule has 2 aliphatic rings. The van der Waals surface area contributed by atoms with Crippen molar-refractivity contribution in [3.05, 3.63) is 53.3 Å². The fourth-order valence-corrected chi connectivity index (χ4v) is 2.10. The first-order valence-electron chi connectivity index (χ1n) is 5.48. The fourth-order valence-electron chi connectivity index (χ4n) is 2.10. The second kappa shape index (κ2) is 3.70. The Morgan fingerprint density at radius 2 is 1.88 bits per heavy atom. The van der Waals surface area contributed by atoms with E-state index in [0.717, 1.165) is 5.56 Å². The summed E-state index contributed by atoms with van der Waals surface area (Å²) in [6.45, 7) is 0. The molecule has 0 saturated carbocycles. The Labute approximate surface area is 98.4 Å². The van der Waals surface area contributed by atoms with Crippen LogP contribution in [0.2, 0.25) is 0 Å². The van der Waals surface area contributed by atoms with Gasteiger partial charge in [0.15, 0.2) is 11.6 Å². The molecule has 1 aromatic rings. The predicted molar refractivity (Wildman–Crippen MR) is 61.6 cm³/mol. The van der Waals surface area contributed by atoms with Gasteiger partial charge in [0.2, 0.25) is 0 Å². The van der Waals surface area contributed by atoms with E-state index in [9.17, 15) is 9.59 Å². The average Bonchev–Trinajstić information content (AvgIpc) is 2.45. The van der Waals surface area contributed by atoms with Crippen LogP contribution >= 0.6 is 0 Å². The molecule has 3 heteroatoms. The molecular formula is C14H10O3. The molecule has 0 N–H and O–H groups in total. The van der Waals surface area contributed by atoms with Crippen molar-refractivity contribution in [2.45, 2.75) is 12.8 Å². The Morgan fingerprint density at radius 3 is 2.76 bits per heavy atom. The molecule has 1 heterocycles. The number of allylic oxidation sites excluding steroid dienone is 3. The molecule has 0 fully saturated rings. The van der Waals surface area contributed by atoms with Crippen molar-refractivity contribution in [1.82, 2.24) is 0 Å². The minimum atomic E-state index is -0.153. The minimum absolute atomic E-state index is 0.152. The van der Waals surface area contributed by atoms with E-state index >= 15 is 0 Å². The summed E-state index contributed by atoms with van der Waals surface area (Å²) < 4.78 is 5.65. The molecule has 3 rings (SSSR count). The molecule has 0 bridgehead atoms. The Bertz CT molecular complexity index is 579. The lowest BCUT2D eigenvalue weighted by atomic mass is 9.95. The van der Waals surface area contributed by atoms with E-state index < -0.39 is 0 Å². The molecular weight excluding hydrogens is 216 g/mol. The van der Waals surface area contributed by atoms with Gasteiger partial charge in [-0.3, -0.25) is 9.59 Å². The maximum atomic E-state index is 12.0. The molecule has 0 aromatic heterocycles. The number of ether oxygens (including phenoxy) is 1. The quantitative estimate of drug-likeness (QED) is 0.635. The van der Waals surface area contributed by atoms with Gasteiger partial charge < -0.3 is 4.74 Å². The summed E-state index contributed by atoms with van der Waals surface area (Å²) in [7, 11) is 0. The van der Waals surface area contributed by atoms with E-state index in [1.54, 1.807) is 12.2 Å². The topological polar surface area (TPSA) is 43.4 Å². The molecule has 1 aliphatic carbocycles. The second-order valence-electron chi connectivity index (χ2n) is 4.08. The van der Waals surface area contributed by atoms with Crippen LogP contribution in [0, 0.1) is 0 Å². The molecule has 0 amide bonds. The zero-order valence-corrected chi connectivity index (χ0v) is 9.10. The SMILES string of the molecule is O=C1CC=CC2=C1C(=O)Cc1ccccc1O2. The first-order chi connectivity index (χ1) is 8.25. The van der Waals surface area contributed by atoms with Crippen LogP contribution in [0.5, 0.6) is 5.75 Å². The summed E-state index contributed by atoms with van der Waals surface area (Å²) >= 11 is 0. The second-order valence-corrected chi connectivity index (χ2v) is 4.08. The Morgan fingerprint density at radius 1 is 1.06 bits per heavy atom. The van der Waals surface area contributed by atoms with Crippen LogP contribution < -0.4 is 4.74 Å². The maximum Gasteiger partial charge on any atom is 0.174 e. The molecule has 0 radical (unpaired) electrons. The van der Waals surface area contributed by atoms with Crippen LogP contribution in [0.4, 0.5) is 0 Å². The molecule has 0 unspecified atom stereocenters. The van der Waals surface area contributed by atoms with Gasteiger partial charge in [0.05, 0.1) is 0 Å². The Kier molecular flexibility index (Phi) is 2.18. The highest BCUT2D eigenvalue weighted by molar-refractivity contribution is 6.22. The highest BCUT2D eigenvalue weighted by Crippen LogP contribution is 2.29. The molecule has 0 saturated heterocycles. The third-order valence-electron chi connectivity index (χ3n) is 2.92. The zero-order chi connectivity index (χ0) is 11.8. The number of para-hydroxylation sites is 1. The highest BCUT2D eigenvalue weighted by Gasteiger charge is 2.28. The molecule has 0 spiro atoms. The number of ketones is 2. The summed E-state index contributed by atoms with van der Waals surface area (Å²) in [4.78, 5) is 23.8. The smallest absolute Gasteiger partial charge is 0.174 e. The first kappa shape index (κ1) is 10.0. The van der Waals surface area contributed by atoms with Crippen LogP contribution in [-0.4, -0.2) is 11.6 Å². The first-order valence-corrected chi connectivity index (χ1v) is 5.48. The summed E-state index contributed by atoms with van der Waals surface area (Å²) in [5.41, 5.74) is 1.04. The van der Waals surface area contributed by atoms with E-state index in [4.69, 9.17) is 4.74 Å². The number of carbonyl (C=O) groups is 2. The monoisotopic (exact) mass is 226 g/mol. The van der Waals surface area contributed by atoms with Gasteiger partial charge in [-0.2, -0.15) is 0 Å². The van der Waals surface area contributed by atoms with Crippen molar-refractivity contribution < 1.29 is 14.3 Å². The molecule has 84 valence electrons. The number of Topliss-reactive ketones (excluding diaryl/α,β-unsaturated/α-hetero) is 2. The Hall–Kier alpha value is -2.16. The van der Waals surface area contributed by atoms with Gasteiger partial charge in [-0.05, 0) is 12.1 Å². The zero-order valence-electron chi connectivity index (χ0n) is 9.10. The lowest BCUT2D eigenvalue weighted by molar-refractivity contribution is -0.120. The normalized spacial score (nSPS) is 18.4. The van der Waals surface area contributed by atoms with Crippen molar-refractivity contribution in [3.63, 3.8) is 0 Å². The van der Waals surface area contributed by atoms with E-state index in [2.05, 4.69) is 0 Å². The van der Waals surface area contributed by atoms with Crippen molar-refractivity contribution in [2.24, 2.45) is 0 Å².